The minimum Gasteiger partial charge on any atom is -0.376 e. The van der Waals surface area contributed by atoms with Gasteiger partial charge in [-0.2, -0.15) is 0 Å². The number of terminal acetylenes is 1. The monoisotopic (exact) mass is 300 g/mol. The molecule has 0 aliphatic carbocycles. The molecule has 0 saturated carbocycles. The zero-order valence-corrected chi connectivity index (χ0v) is 10.6. The summed E-state index contributed by atoms with van der Waals surface area (Å²) >= 11 is 2.98. The molecule has 0 aliphatic rings. The Balaban J connectivity index is 3.09. The molecule has 0 heterocycles. The highest BCUT2D eigenvalue weighted by Gasteiger charge is 2.18. The van der Waals surface area contributed by atoms with Gasteiger partial charge in [0.05, 0.1) is 15.5 Å². The maximum Gasteiger partial charge on any atom is 0.295 e. The second-order valence-corrected chi connectivity index (χ2v) is 4.35. The molecular weight excluding hydrogens is 291 g/mol. The highest BCUT2D eigenvalue weighted by molar-refractivity contribution is 9.10. The molecule has 0 amide bonds. The lowest BCUT2D eigenvalue weighted by Gasteiger charge is -2.13. The third-order valence-electron chi connectivity index (χ3n) is 2.06. The van der Waals surface area contributed by atoms with Crippen LogP contribution in [0.5, 0.6) is 0 Å². The third kappa shape index (κ3) is 3.43. The number of benzene rings is 1. The van der Waals surface area contributed by atoms with Gasteiger partial charge in [0.15, 0.2) is 0 Å². The van der Waals surface area contributed by atoms with Crippen molar-refractivity contribution in [1.82, 2.24) is 0 Å². The van der Waals surface area contributed by atoms with Gasteiger partial charge < -0.3 is 5.32 Å². The fourth-order valence-corrected chi connectivity index (χ4v) is 1.64. The highest BCUT2D eigenvalue weighted by atomic mass is 79.9. The molecule has 0 spiro atoms. The normalized spacial score (nSPS) is 11.6. The summed E-state index contributed by atoms with van der Waals surface area (Å²) in [5.41, 5.74) is -0.0689. The number of hydrogen-bond donors (Lipinski definition) is 1. The first-order chi connectivity index (χ1) is 7.95. The first kappa shape index (κ1) is 13.5. The van der Waals surface area contributed by atoms with Crippen LogP contribution < -0.4 is 5.32 Å². The lowest BCUT2D eigenvalue weighted by molar-refractivity contribution is -0.384. The quantitative estimate of drug-likeness (QED) is 0.527. The fourth-order valence-electron chi connectivity index (χ4n) is 1.30. The summed E-state index contributed by atoms with van der Waals surface area (Å²) in [6, 6.07) is 2.08. The predicted octanol–water partition coefficient (Wildman–Crippen LogP) is 3.32. The first-order valence-corrected chi connectivity index (χ1v) is 5.58. The maximum atomic E-state index is 13.2. The van der Waals surface area contributed by atoms with E-state index in [1.165, 1.54) is 6.07 Å². The van der Waals surface area contributed by atoms with Crippen LogP contribution in [0.25, 0.3) is 0 Å². The summed E-state index contributed by atoms with van der Waals surface area (Å²) in [4.78, 5) is 10.1. The van der Waals surface area contributed by atoms with Gasteiger partial charge >= 0.3 is 0 Å². The topological polar surface area (TPSA) is 55.2 Å². The van der Waals surface area contributed by atoms with E-state index < -0.39 is 10.7 Å². The number of nitro groups is 1. The second-order valence-electron chi connectivity index (χ2n) is 3.49. The Morgan fingerprint density at radius 2 is 2.35 bits per heavy atom. The van der Waals surface area contributed by atoms with Crippen LogP contribution in [-0.4, -0.2) is 11.0 Å². The molecule has 0 aliphatic heterocycles. The highest BCUT2D eigenvalue weighted by Crippen LogP contribution is 2.31. The van der Waals surface area contributed by atoms with Gasteiger partial charge in [-0.1, -0.05) is 0 Å². The predicted molar refractivity (Wildman–Crippen MR) is 67.3 cm³/mol. The SMILES string of the molecule is C#CCC(C)Nc1cc(Br)c(F)cc1[N+](=O)[O-]. The van der Waals surface area contributed by atoms with E-state index in [1.54, 1.807) is 6.92 Å². The number of nitrogens with zero attached hydrogens (tertiary/aromatic N) is 1. The van der Waals surface area contributed by atoms with Crippen molar-refractivity contribution >= 4 is 27.3 Å². The molecule has 1 aromatic rings. The lowest BCUT2D eigenvalue weighted by Crippen LogP contribution is -2.15. The van der Waals surface area contributed by atoms with Crippen LogP contribution in [0.2, 0.25) is 0 Å². The van der Waals surface area contributed by atoms with Crippen LogP contribution in [0.15, 0.2) is 16.6 Å². The number of halogens is 2. The number of anilines is 1. The zero-order valence-electron chi connectivity index (χ0n) is 9.04. The second kappa shape index (κ2) is 5.64. The molecule has 1 N–H and O–H groups in total. The minimum absolute atomic E-state index is 0.129. The van der Waals surface area contributed by atoms with Crippen molar-refractivity contribution in [2.24, 2.45) is 0 Å². The molecule has 17 heavy (non-hydrogen) atoms. The molecular formula is C11H10BrFN2O2. The summed E-state index contributed by atoms with van der Waals surface area (Å²) in [6.07, 6.45) is 5.56. The summed E-state index contributed by atoms with van der Waals surface area (Å²) < 4.78 is 13.4. The van der Waals surface area contributed by atoms with Crippen LogP contribution in [0.4, 0.5) is 15.8 Å². The molecule has 0 bridgehead atoms. The van der Waals surface area contributed by atoms with Crippen molar-refractivity contribution < 1.29 is 9.31 Å². The summed E-state index contributed by atoms with van der Waals surface area (Å²) in [5, 5.41) is 13.6. The van der Waals surface area contributed by atoms with Crippen LogP contribution in [0, 0.1) is 28.3 Å². The van der Waals surface area contributed by atoms with Crippen LogP contribution in [0.3, 0.4) is 0 Å². The van der Waals surface area contributed by atoms with E-state index in [0.717, 1.165) is 6.07 Å². The Hall–Kier alpha value is -1.61. The van der Waals surface area contributed by atoms with Crippen LogP contribution in [0.1, 0.15) is 13.3 Å². The van der Waals surface area contributed by atoms with E-state index >= 15 is 0 Å². The molecule has 0 aromatic heterocycles. The number of nitro benzene ring substituents is 1. The van der Waals surface area contributed by atoms with Crippen molar-refractivity contribution in [2.75, 3.05) is 5.32 Å². The van der Waals surface area contributed by atoms with Gasteiger partial charge in [0.25, 0.3) is 5.69 Å². The molecule has 0 fully saturated rings. The Morgan fingerprint density at radius 3 is 2.88 bits per heavy atom. The fraction of sp³-hybridized carbons (Fsp3) is 0.273. The summed E-state index contributed by atoms with van der Waals surface area (Å²) in [6.45, 7) is 1.79. The summed E-state index contributed by atoms with van der Waals surface area (Å²) in [7, 11) is 0. The van der Waals surface area contributed by atoms with Gasteiger partial charge in [-0.15, -0.1) is 12.3 Å². The van der Waals surface area contributed by atoms with Gasteiger partial charge in [-0.25, -0.2) is 4.39 Å². The maximum absolute atomic E-state index is 13.2. The molecule has 1 rings (SSSR count). The third-order valence-corrected chi connectivity index (χ3v) is 2.67. The largest absolute Gasteiger partial charge is 0.376 e. The van der Waals surface area contributed by atoms with E-state index in [1.807, 2.05) is 0 Å². The standard InChI is InChI=1S/C11H10BrFN2O2/c1-3-4-7(2)14-10-5-8(12)9(13)6-11(10)15(16)17/h1,5-7,14H,4H2,2H3. The Morgan fingerprint density at radius 1 is 1.71 bits per heavy atom. The van der Waals surface area contributed by atoms with Gasteiger partial charge in [0.1, 0.15) is 11.5 Å². The molecule has 0 saturated heterocycles. The Kier molecular flexibility index (Phi) is 4.46. The number of rotatable bonds is 4. The van der Waals surface area contributed by atoms with E-state index in [0.29, 0.717) is 6.42 Å². The van der Waals surface area contributed by atoms with E-state index in [9.17, 15) is 14.5 Å². The van der Waals surface area contributed by atoms with Crippen molar-refractivity contribution in [2.45, 2.75) is 19.4 Å². The minimum atomic E-state index is -0.674. The van der Waals surface area contributed by atoms with E-state index in [-0.39, 0.29) is 21.9 Å². The molecule has 1 atom stereocenters. The first-order valence-electron chi connectivity index (χ1n) is 4.79. The Bertz CT molecular complexity index is 485. The van der Waals surface area contributed by atoms with Crippen molar-refractivity contribution in [3.05, 3.63) is 32.5 Å². The van der Waals surface area contributed by atoms with Gasteiger partial charge in [-0.3, -0.25) is 10.1 Å². The van der Waals surface area contributed by atoms with Gasteiger partial charge in [-0.05, 0) is 28.9 Å². The van der Waals surface area contributed by atoms with Crippen molar-refractivity contribution in [1.29, 1.82) is 0 Å². The van der Waals surface area contributed by atoms with Crippen molar-refractivity contribution in [3.63, 3.8) is 0 Å². The molecule has 1 aromatic carbocycles. The lowest BCUT2D eigenvalue weighted by atomic mass is 10.2. The number of hydrogen-bond acceptors (Lipinski definition) is 3. The van der Waals surface area contributed by atoms with Gasteiger partial charge in [0, 0.05) is 12.5 Å². The summed E-state index contributed by atoms with van der Waals surface area (Å²) in [5.74, 6) is 1.77. The van der Waals surface area contributed by atoms with Crippen LogP contribution in [-0.2, 0) is 0 Å². The number of nitrogens with one attached hydrogen (secondary N) is 1. The van der Waals surface area contributed by atoms with E-state index in [2.05, 4.69) is 27.2 Å². The van der Waals surface area contributed by atoms with Crippen LogP contribution >= 0.6 is 15.9 Å². The molecule has 6 heteroatoms. The average Bonchev–Trinajstić information content (AvgIpc) is 2.23. The molecule has 1 unspecified atom stereocenters. The Labute approximate surface area is 106 Å². The smallest absolute Gasteiger partial charge is 0.295 e. The van der Waals surface area contributed by atoms with E-state index in [4.69, 9.17) is 6.42 Å². The van der Waals surface area contributed by atoms with Crippen molar-refractivity contribution in [3.8, 4) is 12.3 Å². The van der Waals surface area contributed by atoms with Gasteiger partial charge in [0.2, 0.25) is 0 Å². The zero-order chi connectivity index (χ0) is 13.0. The molecule has 0 radical (unpaired) electrons. The molecule has 4 nitrogen and oxygen atoms in total. The molecule has 90 valence electrons. The average molecular weight is 301 g/mol.